The molecular weight excluding hydrogens is 294 g/mol. The summed E-state index contributed by atoms with van der Waals surface area (Å²) in [5.74, 6) is -0.494. The molecule has 3 heterocycles. The summed E-state index contributed by atoms with van der Waals surface area (Å²) in [6.07, 6.45) is 2.94. The molecule has 0 aromatic carbocycles. The summed E-state index contributed by atoms with van der Waals surface area (Å²) in [6, 6.07) is 1.86. The molecule has 0 radical (unpaired) electrons. The lowest BCUT2D eigenvalue weighted by Gasteiger charge is -2.04. The molecule has 3 aromatic heterocycles. The van der Waals surface area contributed by atoms with Crippen molar-refractivity contribution in [2.45, 2.75) is 18.6 Å². The van der Waals surface area contributed by atoms with Crippen LogP contribution < -0.4 is 0 Å². The number of fused-ring (bicyclic) bond motifs is 1. The van der Waals surface area contributed by atoms with E-state index in [4.69, 9.17) is 9.63 Å². The number of aliphatic carboxylic acids is 1. The normalized spacial score (nSPS) is 11.1. The number of hydrogen-bond donors (Lipinski definition) is 1. The Morgan fingerprint density at radius 1 is 1.48 bits per heavy atom. The molecule has 8 nitrogen and oxygen atoms in total. The number of imidazole rings is 1. The Morgan fingerprint density at radius 2 is 2.33 bits per heavy atom. The molecule has 0 aliphatic rings. The van der Waals surface area contributed by atoms with Gasteiger partial charge in [-0.05, 0) is 18.6 Å². The van der Waals surface area contributed by atoms with E-state index in [1.165, 1.54) is 6.39 Å². The zero-order valence-electron chi connectivity index (χ0n) is 11.1. The number of nitrogens with zero attached hydrogens (tertiary/aromatic N) is 5. The van der Waals surface area contributed by atoms with E-state index < -0.39 is 5.97 Å². The Kier molecular flexibility index (Phi) is 3.57. The highest BCUT2D eigenvalue weighted by molar-refractivity contribution is 7.99. The number of carboxylic acid groups (broad SMARTS) is 1. The average Bonchev–Trinajstić information content (AvgIpc) is 3.07. The van der Waals surface area contributed by atoms with Gasteiger partial charge in [-0.2, -0.15) is 4.98 Å². The van der Waals surface area contributed by atoms with E-state index in [0.717, 1.165) is 22.8 Å². The van der Waals surface area contributed by atoms with Gasteiger partial charge in [0.2, 0.25) is 6.39 Å². The largest absolute Gasteiger partial charge is 0.481 e. The maximum absolute atomic E-state index is 10.8. The summed E-state index contributed by atoms with van der Waals surface area (Å²) in [5, 5.41) is 13.2. The van der Waals surface area contributed by atoms with E-state index in [9.17, 15) is 4.79 Å². The van der Waals surface area contributed by atoms with Gasteiger partial charge >= 0.3 is 5.97 Å². The third-order valence-electron chi connectivity index (χ3n) is 2.83. The third-order valence-corrected chi connectivity index (χ3v) is 3.79. The molecule has 3 aromatic rings. The van der Waals surface area contributed by atoms with Crippen molar-refractivity contribution < 1.29 is 14.4 Å². The van der Waals surface area contributed by atoms with Gasteiger partial charge in [-0.25, -0.2) is 9.97 Å². The summed E-state index contributed by atoms with van der Waals surface area (Å²) in [5.41, 5.74) is 2.39. The quantitative estimate of drug-likeness (QED) is 0.704. The predicted molar refractivity (Wildman–Crippen MR) is 74.0 cm³/mol. The SMILES string of the molecule is Cc1ccnc2c1nc(SCC(=O)O)n2Cc1ncon1. The predicted octanol–water partition coefficient (Wildman–Crippen LogP) is 1.35. The highest BCUT2D eigenvalue weighted by Crippen LogP contribution is 2.25. The molecule has 9 heteroatoms. The van der Waals surface area contributed by atoms with Gasteiger partial charge in [0.05, 0.1) is 12.3 Å². The number of pyridine rings is 1. The van der Waals surface area contributed by atoms with E-state index >= 15 is 0 Å². The molecule has 0 fully saturated rings. The van der Waals surface area contributed by atoms with Gasteiger partial charge < -0.3 is 9.63 Å². The summed E-state index contributed by atoms with van der Waals surface area (Å²) >= 11 is 1.14. The molecule has 0 unspecified atom stereocenters. The van der Waals surface area contributed by atoms with Crippen molar-refractivity contribution in [3.8, 4) is 0 Å². The van der Waals surface area contributed by atoms with Crippen molar-refractivity contribution in [2.75, 3.05) is 5.75 Å². The standard InChI is InChI=1S/C12H11N5O3S/c1-7-2-3-13-11-10(7)15-12(21-5-9(18)19)17(11)4-8-14-6-20-16-8/h2-3,6H,4-5H2,1H3,(H,18,19). The van der Waals surface area contributed by atoms with Crippen molar-refractivity contribution in [1.82, 2.24) is 24.7 Å². The lowest BCUT2D eigenvalue weighted by Crippen LogP contribution is -2.06. The molecular formula is C12H11N5O3S. The number of carbonyl (C=O) groups is 1. The second-order valence-electron chi connectivity index (χ2n) is 4.31. The van der Waals surface area contributed by atoms with Crippen molar-refractivity contribution >= 4 is 28.9 Å². The molecule has 0 spiro atoms. The Hall–Kier alpha value is -2.42. The number of carboxylic acids is 1. The molecule has 0 saturated carbocycles. The summed E-state index contributed by atoms with van der Waals surface area (Å²) in [4.78, 5) is 23.5. The molecule has 0 saturated heterocycles. The maximum Gasteiger partial charge on any atom is 0.313 e. The van der Waals surface area contributed by atoms with Crippen molar-refractivity contribution in [1.29, 1.82) is 0 Å². The van der Waals surface area contributed by atoms with Crippen LogP contribution in [0, 0.1) is 6.92 Å². The van der Waals surface area contributed by atoms with Crippen LogP contribution in [0.2, 0.25) is 0 Å². The van der Waals surface area contributed by atoms with Crippen molar-refractivity contribution in [2.24, 2.45) is 0 Å². The summed E-state index contributed by atoms with van der Waals surface area (Å²) < 4.78 is 6.51. The van der Waals surface area contributed by atoms with Crippen molar-refractivity contribution in [3.05, 3.63) is 30.0 Å². The third kappa shape index (κ3) is 2.72. The van der Waals surface area contributed by atoms with Gasteiger partial charge in [-0.15, -0.1) is 0 Å². The molecule has 0 amide bonds. The molecule has 0 aliphatic carbocycles. The van der Waals surface area contributed by atoms with Gasteiger partial charge in [-0.1, -0.05) is 16.9 Å². The highest BCUT2D eigenvalue weighted by Gasteiger charge is 2.16. The number of rotatable bonds is 5. The van der Waals surface area contributed by atoms with Gasteiger partial charge in [0.15, 0.2) is 16.6 Å². The number of hydrogen-bond acceptors (Lipinski definition) is 7. The smallest absolute Gasteiger partial charge is 0.313 e. The molecule has 0 aliphatic heterocycles. The molecule has 1 N–H and O–H groups in total. The van der Waals surface area contributed by atoms with Gasteiger partial charge in [0.25, 0.3) is 0 Å². The molecule has 3 rings (SSSR count). The molecule has 0 bridgehead atoms. The monoisotopic (exact) mass is 305 g/mol. The van der Waals surface area contributed by atoms with Crippen LogP contribution in [0.15, 0.2) is 28.3 Å². The first-order chi connectivity index (χ1) is 10.1. The van der Waals surface area contributed by atoms with Gasteiger partial charge in [-0.3, -0.25) is 9.36 Å². The van der Waals surface area contributed by atoms with E-state index in [1.807, 2.05) is 13.0 Å². The average molecular weight is 305 g/mol. The van der Waals surface area contributed by atoms with Crippen LogP contribution in [0.25, 0.3) is 11.2 Å². The minimum absolute atomic E-state index is 0.0748. The van der Waals surface area contributed by atoms with Crippen LogP contribution in [-0.2, 0) is 11.3 Å². The van der Waals surface area contributed by atoms with Crippen molar-refractivity contribution in [3.63, 3.8) is 0 Å². The second-order valence-corrected chi connectivity index (χ2v) is 5.25. The molecule has 108 valence electrons. The fourth-order valence-corrected chi connectivity index (χ4v) is 2.62. The van der Waals surface area contributed by atoms with Crippen LogP contribution in [0.1, 0.15) is 11.4 Å². The van der Waals surface area contributed by atoms with Crippen LogP contribution in [0.4, 0.5) is 0 Å². The fraction of sp³-hybridized carbons (Fsp3) is 0.250. The number of thioether (sulfide) groups is 1. The van der Waals surface area contributed by atoms with Crippen LogP contribution >= 0.6 is 11.8 Å². The Bertz CT molecular complexity index is 784. The highest BCUT2D eigenvalue weighted by atomic mass is 32.2. The van der Waals surface area contributed by atoms with Gasteiger partial charge in [0, 0.05) is 6.20 Å². The number of aryl methyl sites for hydroxylation is 1. The zero-order valence-corrected chi connectivity index (χ0v) is 11.9. The summed E-state index contributed by atoms with van der Waals surface area (Å²) in [6.45, 7) is 2.26. The minimum Gasteiger partial charge on any atom is -0.481 e. The Balaban J connectivity index is 2.06. The maximum atomic E-state index is 10.8. The fourth-order valence-electron chi connectivity index (χ4n) is 1.90. The van der Waals surface area contributed by atoms with Crippen LogP contribution in [0.3, 0.4) is 0 Å². The first kappa shape index (κ1) is 13.6. The first-order valence-corrected chi connectivity index (χ1v) is 7.05. The topological polar surface area (TPSA) is 107 Å². The molecule has 0 atom stereocenters. The van der Waals surface area contributed by atoms with Crippen LogP contribution in [0.5, 0.6) is 0 Å². The Morgan fingerprint density at radius 3 is 3.05 bits per heavy atom. The zero-order chi connectivity index (χ0) is 14.8. The van der Waals surface area contributed by atoms with E-state index in [1.54, 1.807) is 10.8 Å². The van der Waals surface area contributed by atoms with E-state index in [0.29, 0.717) is 23.2 Å². The lowest BCUT2D eigenvalue weighted by molar-refractivity contribution is -0.133. The minimum atomic E-state index is -0.900. The van der Waals surface area contributed by atoms with Crippen LogP contribution in [-0.4, -0.2) is 41.5 Å². The number of aromatic nitrogens is 5. The summed E-state index contributed by atoms with van der Waals surface area (Å²) in [7, 11) is 0. The van der Waals surface area contributed by atoms with Gasteiger partial charge in [0.1, 0.15) is 5.52 Å². The van der Waals surface area contributed by atoms with E-state index in [-0.39, 0.29) is 5.75 Å². The van der Waals surface area contributed by atoms with E-state index in [2.05, 4.69) is 20.1 Å². The second kappa shape index (κ2) is 5.52. The lowest BCUT2D eigenvalue weighted by atomic mass is 10.3. The molecule has 21 heavy (non-hydrogen) atoms. The first-order valence-electron chi connectivity index (χ1n) is 6.07. The Labute approximate surface area is 123 Å².